The number of hydrogen-bond donors (Lipinski definition) is 2. The zero-order valence-electron chi connectivity index (χ0n) is 14.1. The van der Waals surface area contributed by atoms with E-state index in [1.165, 1.54) is 0 Å². The number of anilines is 1. The molecule has 0 aromatic heterocycles. The van der Waals surface area contributed by atoms with Crippen LogP contribution in [0.4, 0.5) is 5.69 Å². The third-order valence-electron chi connectivity index (χ3n) is 3.66. The second-order valence-electron chi connectivity index (χ2n) is 5.67. The predicted molar refractivity (Wildman–Crippen MR) is 103 cm³/mol. The largest absolute Gasteiger partial charge is 0.489 e. The van der Waals surface area contributed by atoms with Crippen molar-refractivity contribution in [2.24, 2.45) is 5.10 Å². The van der Waals surface area contributed by atoms with Gasteiger partial charge in [0.15, 0.2) is 0 Å². The van der Waals surface area contributed by atoms with Gasteiger partial charge in [-0.2, -0.15) is 5.10 Å². The molecular formula is C21H19N3O2. The van der Waals surface area contributed by atoms with Crippen molar-refractivity contribution in [2.75, 3.05) is 5.73 Å². The van der Waals surface area contributed by atoms with Gasteiger partial charge in [0, 0.05) is 11.3 Å². The number of nitrogens with one attached hydrogen (secondary N) is 1. The smallest absolute Gasteiger partial charge is 0.271 e. The molecule has 0 aliphatic rings. The Morgan fingerprint density at radius 3 is 2.54 bits per heavy atom. The van der Waals surface area contributed by atoms with Gasteiger partial charge >= 0.3 is 0 Å². The highest BCUT2D eigenvalue weighted by molar-refractivity contribution is 5.95. The maximum absolute atomic E-state index is 12.0. The quantitative estimate of drug-likeness (QED) is 0.407. The molecule has 26 heavy (non-hydrogen) atoms. The summed E-state index contributed by atoms with van der Waals surface area (Å²) in [5.41, 5.74) is 11.1. The molecular weight excluding hydrogens is 326 g/mol. The van der Waals surface area contributed by atoms with Crippen LogP contribution in [0.3, 0.4) is 0 Å². The first-order valence-corrected chi connectivity index (χ1v) is 8.16. The van der Waals surface area contributed by atoms with E-state index in [0.717, 1.165) is 16.9 Å². The van der Waals surface area contributed by atoms with E-state index < -0.39 is 0 Å². The van der Waals surface area contributed by atoms with Gasteiger partial charge in [-0.25, -0.2) is 5.43 Å². The molecule has 0 heterocycles. The maximum Gasteiger partial charge on any atom is 0.271 e. The molecule has 130 valence electrons. The summed E-state index contributed by atoms with van der Waals surface area (Å²) in [5.74, 6) is 0.445. The van der Waals surface area contributed by atoms with Gasteiger partial charge in [0.05, 0.1) is 6.21 Å². The van der Waals surface area contributed by atoms with E-state index in [2.05, 4.69) is 10.5 Å². The van der Waals surface area contributed by atoms with Crippen LogP contribution in [-0.2, 0) is 6.61 Å². The van der Waals surface area contributed by atoms with Crippen molar-refractivity contribution in [3.63, 3.8) is 0 Å². The third kappa shape index (κ3) is 4.95. The zero-order chi connectivity index (χ0) is 18.2. The summed E-state index contributed by atoms with van der Waals surface area (Å²) in [7, 11) is 0. The lowest BCUT2D eigenvalue weighted by molar-refractivity contribution is 0.0955. The molecule has 0 saturated heterocycles. The summed E-state index contributed by atoms with van der Waals surface area (Å²) in [6.45, 7) is 0.495. The van der Waals surface area contributed by atoms with E-state index in [0.29, 0.717) is 17.9 Å². The van der Waals surface area contributed by atoms with Gasteiger partial charge in [-0.05, 0) is 47.5 Å². The monoisotopic (exact) mass is 345 g/mol. The summed E-state index contributed by atoms with van der Waals surface area (Å²) >= 11 is 0. The fraction of sp³-hybridized carbons (Fsp3) is 0.0476. The fourth-order valence-corrected chi connectivity index (χ4v) is 2.29. The number of benzene rings is 3. The fourth-order valence-electron chi connectivity index (χ4n) is 2.29. The van der Waals surface area contributed by atoms with Gasteiger partial charge in [-0.1, -0.05) is 42.5 Å². The molecule has 0 spiro atoms. The predicted octanol–water partition coefficient (Wildman–Crippen LogP) is 3.61. The highest BCUT2D eigenvalue weighted by atomic mass is 16.5. The minimum atomic E-state index is -0.294. The number of nitrogens with two attached hydrogens (primary N) is 1. The van der Waals surface area contributed by atoms with Crippen LogP contribution in [0.1, 0.15) is 21.5 Å². The maximum atomic E-state index is 12.0. The number of rotatable bonds is 6. The highest BCUT2D eigenvalue weighted by Crippen LogP contribution is 2.14. The van der Waals surface area contributed by atoms with Crippen LogP contribution in [-0.4, -0.2) is 12.1 Å². The van der Waals surface area contributed by atoms with Crippen LogP contribution < -0.4 is 15.9 Å². The molecule has 5 nitrogen and oxygen atoms in total. The van der Waals surface area contributed by atoms with Crippen LogP contribution in [0.15, 0.2) is 84.0 Å². The number of hydrazone groups is 1. The van der Waals surface area contributed by atoms with E-state index in [1.54, 1.807) is 30.5 Å². The standard InChI is InChI=1S/C21H19N3O2/c22-19-11-9-18(10-12-19)21(25)24-23-14-17-7-4-8-20(13-17)26-15-16-5-2-1-3-6-16/h1-14H,15,22H2,(H,24,25)/b23-14-. The number of hydrogen-bond acceptors (Lipinski definition) is 4. The minimum absolute atomic E-state index is 0.294. The Balaban J connectivity index is 1.56. The topological polar surface area (TPSA) is 76.7 Å². The van der Waals surface area contributed by atoms with Crippen LogP contribution in [0.5, 0.6) is 5.75 Å². The van der Waals surface area contributed by atoms with Crippen molar-refractivity contribution in [1.82, 2.24) is 5.43 Å². The molecule has 3 aromatic carbocycles. The lowest BCUT2D eigenvalue weighted by Gasteiger charge is -2.06. The van der Waals surface area contributed by atoms with Crippen molar-refractivity contribution in [1.29, 1.82) is 0 Å². The highest BCUT2D eigenvalue weighted by Gasteiger charge is 2.03. The molecule has 0 atom stereocenters. The second-order valence-corrected chi connectivity index (χ2v) is 5.67. The molecule has 0 radical (unpaired) electrons. The molecule has 0 unspecified atom stereocenters. The average molecular weight is 345 g/mol. The third-order valence-corrected chi connectivity index (χ3v) is 3.66. The Bertz CT molecular complexity index is 891. The van der Waals surface area contributed by atoms with E-state index in [-0.39, 0.29) is 5.91 Å². The number of carbonyl (C=O) groups is 1. The number of ether oxygens (including phenoxy) is 1. The lowest BCUT2D eigenvalue weighted by atomic mass is 10.2. The van der Waals surface area contributed by atoms with Crippen LogP contribution in [0.2, 0.25) is 0 Å². The Kier molecular flexibility index (Phi) is 5.62. The normalized spacial score (nSPS) is 10.6. The molecule has 5 heteroatoms. The van der Waals surface area contributed by atoms with Crippen LogP contribution >= 0.6 is 0 Å². The molecule has 0 fully saturated rings. The SMILES string of the molecule is Nc1ccc(C(=O)N/N=C\c2cccc(OCc3ccccc3)c2)cc1. The Morgan fingerprint density at radius 2 is 1.77 bits per heavy atom. The van der Waals surface area contributed by atoms with E-state index in [9.17, 15) is 4.79 Å². The van der Waals surface area contributed by atoms with Crippen molar-refractivity contribution >= 4 is 17.8 Å². The van der Waals surface area contributed by atoms with E-state index >= 15 is 0 Å². The van der Waals surface area contributed by atoms with Gasteiger partial charge in [-0.15, -0.1) is 0 Å². The van der Waals surface area contributed by atoms with Gasteiger partial charge in [0.2, 0.25) is 0 Å². The summed E-state index contributed by atoms with van der Waals surface area (Å²) in [4.78, 5) is 12.0. The van der Waals surface area contributed by atoms with Gasteiger partial charge < -0.3 is 10.5 Å². The molecule has 0 saturated carbocycles. The first-order valence-electron chi connectivity index (χ1n) is 8.16. The first-order chi connectivity index (χ1) is 12.7. The Morgan fingerprint density at radius 1 is 1.00 bits per heavy atom. The summed E-state index contributed by atoms with van der Waals surface area (Å²) in [6.07, 6.45) is 1.57. The van der Waals surface area contributed by atoms with Gasteiger partial charge in [0.1, 0.15) is 12.4 Å². The van der Waals surface area contributed by atoms with E-state index in [4.69, 9.17) is 10.5 Å². The van der Waals surface area contributed by atoms with Crippen LogP contribution in [0.25, 0.3) is 0 Å². The van der Waals surface area contributed by atoms with Crippen molar-refractivity contribution in [3.05, 3.63) is 95.6 Å². The van der Waals surface area contributed by atoms with Crippen LogP contribution in [0, 0.1) is 0 Å². The number of carbonyl (C=O) groups excluding carboxylic acids is 1. The molecule has 3 aromatic rings. The summed E-state index contributed by atoms with van der Waals surface area (Å²) in [6, 6.07) is 24.1. The molecule has 3 rings (SSSR count). The van der Waals surface area contributed by atoms with Gasteiger partial charge in [0.25, 0.3) is 5.91 Å². The Hall–Kier alpha value is -3.60. The molecule has 0 aliphatic carbocycles. The average Bonchev–Trinajstić information content (AvgIpc) is 2.68. The number of nitrogen functional groups attached to an aromatic ring is 1. The van der Waals surface area contributed by atoms with Crippen molar-refractivity contribution in [2.45, 2.75) is 6.61 Å². The van der Waals surface area contributed by atoms with Crippen molar-refractivity contribution < 1.29 is 9.53 Å². The Labute approximate surface area is 152 Å². The molecule has 1 amide bonds. The second kappa shape index (κ2) is 8.48. The molecule has 0 bridgehead atoms. The first kappa shape index (κ1) is 17.2. The lowest BCUT2D eigenvalue weighted by Crippen LogP contribution is -2.17. The molecule has 0 aliphatic heterocycles. The molecule has 3 N–H and O–H groups in total. The summed E-state index contributed by atoms with van der Waals surface area (Å²) < 4.78 is 5.78. The van der Waals surface area contributed by atoms with Crippen molar-refractivity contribution in [3.8, 4) is 5.75 Å². The summed E-state index contributed by atoms with van der Waals surface area (Å²) in [5, 5.41) is 3.99. The number of amides is 1. The van der Waals surface area contributed by atoms with Gasteiger partial charge in [-0.3, -0.25) is 4.79 Å². The number of nitrogens with zero attached hydrogens (tertiary/aromatic N) is 1. The van der Waals surface area contributed by atoms with E-state index in [1.807, 2.05) is 54.6 Å². The zero-order valence-corrected chi connectivity index (χ0v) is 14.1. The minimum Gasteiger partial charge on any atom is -0.489 e.